The van der Waals surface area contributed by atoms with Crippen LogP contribution >= 0.6 is 0 Å². The van der Waals surface area contributed by atoms with Gasteiger partial charge in [0.05, 0.1) is 6.61 Å². The Hall–Kier alpha value is -0.980. The summed E-state index contributed by atoms with van der Waals surface area (Å²) in [4.78, 5) is 0. The van der Waals surface area contributed by atoms with E-state index in [1.165, 1.54) is 77.0 Å². The van der Waals surface area contributed by atoms with Crippen LogP contribution in [0.25, 0.3) is 0 Å². The first-order chi connectivity index (χ1) is 18.4. The molecule has 0 saturated heterocycles. The Labute approximate surface area is 242 Å². The Balaban J connectivity index is 1.43. The molecule has 5 rings (SSSR count). The maximum Gasteiger partial charge on any atom is 0.119 e. The smallest absolute Gasteiger partial charge is 0.119 e. The molecule has 1 heteroatoms. The van der Waals surface area contributed by atoms with E-state index in [-0.39, 0.29) is 0 Å². The fraction of sp³-hybridized carbons (Fsp3) is 0.842. The first kappa shape index (κ1) is 29.5. The zero-order valence-corrected chi connectivity index (χ0v) is 27.0. The number of ether oxygens (including phenoxy) is 1. The molecule has 0 aliphatic heterocycles. The summed E-state index contributed by atoms with van der Waals surface area (Å²) >= 11 is 0. The zero-order valence-electron chi connectivity index (χ0n) is 27.0. The number of para-hydroxylation sites is 1. The van der Waals surface area contributed by atoms with Crippen LogP contribution in [0.3, 0.4) is 0 Å². The van der Waals surface area contributed by atoms with Crippen molar-refractivity contribution in [2.75, 3.05) is 6.61 Å². The second kappa shape index (κ2) is 11.0. The van der Waals surface area contributed by atoms with Crippen LogP contribution in [0.1, 0.15) is 132 Å². The lowest BCUT2D eigenvalue weighted by atomic mass is 9.52. The SMILES string of the molecule is CC(C)CCCCCC(CCOc1ccccc1)C(C1CC2CCC1(C)C2(C)C)C1CC2CCC1(C)C2(C)C. The van der Waals surface area contributed by atoms with Gasteiger partial charge in [-0.25, -0.2) is 0 Å². The molecule has 4 fully saturated rings. The third-order valence-electron chi connectivity index (χ3n) is 14.6. The van der Waals surface area contributed by atoms with Crippen LogP contribution in [0.2, 0.25) is 0 Å². The standard InChI is InChI=1S/C38H62O/c1-27(2)15-11-9-12-16-28(21-24-39-31-17-13-10-14-18-31)34(32-25-29-19-22-37(32,7)35(29,3)4)33-26-30-20-23-38(33,8)36(30,5)6/h10,13-14,17-18,27-30,32-34H,9,11-12,15-16,19-26H2,1-8H3. The van der Waals surface area contributed by atoms with E-state index in [2.05, 4.69) is 85.7 Å². The van der Waals surface area contributed by atoms with Gasteiger partial charge in [0, 0.05) is 0 Å². The van der Waals surface area contributed by atoms with E-state index in [4.69, 9.17) is 4.74 Å². The molecule has 0 radical (unpaired) electrons. The van der Waals surface area contributed by atoms with Crippen molar-refractivity contribution in [1.82, 2.24) is 0 Å². The first-order valence-electron chi connectivity index (χ1n) is 17.1. The van der Waals surface area contributed by atoms with Crippen LogP contribution in [-0.2, 0) is 0 Å². The zero-order chi connectivity index (χ0) is 28.1. The van der Waals surface area contributed by atoms with Crippen LogP contribution in [0.15, 0.2) is 30.3 Å². The maximum absolute atomic E-state index is 6.43. The molecular weight excluding hydrogens is 472 g/mol. The largest absolute Gasteiger partial charge is 0.494 e. The number of hydrogen-bond acceptors (Lipinski definition) is 1. The summed E-state index contributed by atoms with van der Waals surface area (Å²) in [6.45, 7) is 21.7. The molecule has 0 spiro atoms. The fourth-order valence-electron chi connectivity index (χ4n) is 11.1. The van der Waals surface area contributed by atoms with Gasteiger partial charge in [-0.1, -0.05) is 106 Å². The summed E-state index contributed by atoms with van der Waals surface area (Å²) in [5.41, 5.74) is 1.99. The van der Waals surface area contributed by atoms with Crippen molar-refractivity contribution in [1.29, 1.82) is 0 Å². The summed E-state index contributed by atoms with van der Waals surface area (Å²) in [6, 6.07) is 10.6. The molecule has 0 aromatic heterocycles. The monoisotopic (exact) mass is 534 g/mol. The molecule has 4 aliphatic rings. The summed E-state index contributed by atoms with van der Waals surface area (Å²) in [7, 11) is 0. The molecule has 7 atom stereocenters. The van der Waals surface area contributed by atoms with Crippen molar-refractivity contribution in [2.45, 2.75) is 132 Å². The highest BCUT2D eigenvalue weighted by atomic mass is 16.5. The Morgan fingerprint density at radius 2 is 1.26 bits per heavy atom. The molecule has 4 aliphatic carbocycles. The number of hydrogen-bond donors (Lipinski definition) is 0. The van der Waals surface area contributed by atoms with Crippen molar-refractivity contribution in [3.05, 3.63) is 30.3 Å². The minimum Gasteiger partial charge on any atom is -0.494 e. The van der Waals surface area contributed by atoms with Crippen LogP contribution in [0.4, 0.5) is 0 Å². The van der Waals surface area contributed by atoms with Crippen molar-refractivity contribution >= 4 is 0 Å². The highest BCUT2D eigenvalue weighted by molar-refractivity contribution is 5.21. The highest BCUT2D eigenvalue weighted by Crippen LogP contribution is 2.76. The number of fused-ring (bicyclic) bond motifs is 4. The average molecular weight is 535 g/mol. The molecule has 220 valence electrons. The maximum atomic E-state index is 6.43. The van der Waals surface area contributed by atoms with Crippen molar-refractivity contribution < 1.29 is 4.74 Å². The van der Waals surface area contributed by atoms with E-state index >= 15 is 0 Å². The molecule has 4 bridgehead atoms. The van der Waals surface area contributed by atoms with Gasteiger partial charge in [0.15, 0.2) is 0 Å². The van der Waals surface area contributed by atoms with E-state index in [1.54, 1.807) is 0 Å². The van der Waals surface area contributed by atoms with Gasteiger partial charge in [0.1, 0.15) is 5.75 Å². The Morgan fingerprint density at radius 1 is 0.718 bits per heavy atom. The lowest BCUT2D eigenvalue weighted by molar-refractivity contribution is -0.0416. The van der Waals surface area contributed by atoms with Gasteiger partial charge in [0.2, 0.25) is 0 Å². The van der Waals surface area contributed by atoms with E-state index < -0.39 is 0 Å². The molecular formula is C38H62O. The molecule has 1 aromatic carbocycles. The summed E-state index contributed by atoms with van der Waals surface area (Å²) in [5.74, 6) is 7.18. The second-order valence-electron chi connectivity index (χ2n) is 16.8. The minimum atomic E-state index is 0.492. The third kappa shape index (κ3) is 5.03. The fourth-order valence-corrected chi connectivity index (χ4v) is 11.1. The van der Waals surface area contributed by atoms with Gasteiger partial charge >= 0.3 is 0 Å². The quantitative estimate of drug-likeness (QED) is 0.229. The molecule has 0 heterocycles. The molecule has 1 aromatic rings. The van der Waals surface area contributed by atoms with Gasteiger partial charge in [0.25, 0.3) is 0 Å². The number of unbranched alkanes of at least 4 members (excludes halogenated alkanes) is 2. The summed E-state index contributed by atoms with van der Waals surface area (Å²) < 4.78 is 6.43. The average Bonchev–Trinajstić information content (AvgIpc) is 3.41. The molecule has 39 heavy (non-hydrogen) atoms. The molecule has 1 nitrogen and oxygen atoms in total. The van der Waals surface area contributed by atoms with Crippen molar-refractivity contribution in [3.63, 3.8) is 0 Å². The van der Waals surface area contributed by atoms with Crippen molar-refractivity contribution in [3.8, 4) is 5.75 Å². The predicted molar refractivity (Wildman–Crippen MR) is 167 cm³/mol. The molecule has 7 unspecified atom stereocenters. The highest BCUT2D eigenvalue weighted by Gasteiger charge is 2.68. The van der Waals surface area contributed by atoms with Gasteiger partial charge < -0.3 is 4.74 Å². The van der Waals surface area contributed by atoms with E-state index in [9.17, 15) is 0 Å². The first-order valence-corrected chi connectivity index (χ1v) is 17.1. The second-order valence-corrected chi connectivity index (χ2v) is 16.8. The molecule has 4 saturated carbocycles. The summed E-state index contributed by atoms with van der Waals surface area (Å²) in [5, 5.41) is 0. The van der Waals surface area contributed by atoms with E-state index in [0.29, 0.717) is 21.7 Å². The van der Waals surface area contributed by atoms with Crippen molar-refractivity contribution in [2.24, 2.45) is 63.1 Å². The number of benzene rings is 1. The third-order valence-corrected chi connectivity index (χ3v) is 14.6. The molecule has 0 N–H and O–H groups in total. The lowest BCUT2D eigenvalue weighted by Gasteiger charge is -2.52. The van der Waals surface area contributed by atoms with Gasteiger partial charge in [-0.05, 0) is 120 Å². The van der Waals surface area contributed by atoms with Crippen LogP contribution < -0.4 is 4.74 Å². The minimum absolute atomic E-state index is 0.492. The van der Waals surface area contributed by atoms with Crippen LogP contribution in [-0.4, -0.2) is 6.61 Å². The predicted octanol–water partition coefficient (Wildman–Crippen LogP) is 11.2. The number of rotatable bonds is 13. The Morgan fingerprint density at radius 3 is 1.72 bits per heavy atom. The van der Waals surface area contributed by atoms with Crippen LogP contribution in [0, 0.1) is 63.1 Å². The van der Waals surface area contributed by atoms with Gasteiger partial charge in [-0.3, -0.25) is 0 Å². The Kier molecular flexibility index (Phi) is 8.34. The van der Waals surface area contributed by atoms with Gasteiger partial charge in [-0.15, -0.1) is 0 Å². The normalized spacial score (nSPS) is 37.5. The van der Waals surface area contributed by atoms with E-state index in [0.717, 1.165) is 53.8 Å². The summed E-state index contributed by atoms with van der Waals surface area (Å²) in [6.07, 6.45) is 17.1. The topological polar surface area (TPSA) is 9.23 Å². The van der Waals surface area contributed by atoms with Gasteiger partial charge in [-0.2, -0.15) is 0 Å². The van der Waals surface area contributed by atoms with Crippen LogP contribution in [0.5, 0.6) is 5.75 Å². The Bertz CT molecular complexity index is 901. The lowest BCUT2D eigenvalue weighted by Crippen LogP contribution is -2.46. The molecule has 0 amide bonds. The van der Waals surface area contributed by atoms with E-state index in [1.807, 2.05) is 0 Å².